The molecule has 2 aromatic carbocycles. The third kappa shape index (κ3) is 3.97. The van der Waals surface area contributed by atoms with Crippen LogP contribution in [0, 0.1) is 20.8 Å². The van der Waals surface area contributed by atoms with Crippen molar-refractivity contribution in [3.8, 4) is 0 Å². The normalized spacial score (nSPS) is 10.8. The van der Waals surface area contributed by atoms with Crippen molar-refractivity contribution < 1.29 is 9.53 Å². The summed E-state index contributed by atoms with van der Waals surface area (Å²) in [6, 6.07) is 15.9. The molecule has 3 aromatic rings. The number of aryl methyl sites for hydroxylation is 3. The molecule has 0 saturated heterocycles. The maximum atomic E-state index is 12.5. The molecule has 1 aromatic heterocycles. The summed E-state index contributed by atoms with van der Waals surface area (Å²) in [7, 11) is 0. The summed E-state index contributed by atoms with van der Waals surface area (Å²) in [6.07, 6.45) is 0. The molecule has 1 heterocycles. The molecule has 3 rings (SSSR count). The summed E-state index contributed by atoms with van der Waals surface area (Å²) in [6.45, 7) is 6.51. The molecule has 0 N–H and O–H groups in total. The van der Waals surface area contributed by atoms with Crippen molar-refractivity contribution in [2.75, 3.05) is 0 Å². The van der Waals surface area contributed by atoms with Crippen LogP contribution < -0.4 is 0 Å². The van der Waals surface area contributed by atoms with Crippen LogP contribution >= 0.6 is 11.6 Å². The molecule has 26 heavy (non-hydrogen) atoms. The highest BCUT2D eigenvalue weighted by Gasteiger charge is 2.22. The lowest BCUT2D eigenvalue weighted by molar-refractivity contribution is 0.0471. The maximum Gasteiger partial charge on any atom is 0.343 e. The SMILES string of the molecule is Cc1ccc(Cn2nc(C)c(C(=O)OCc3ccccc3C)c2Cl)cc1. The topological polar surface area (TPSA) is 44.1 Å². The van der Waals surface area contributed by atoms with E-state index in [1.54, 1.807) is 11.6 Å². The molecular weight excluding hydrogens is 348 g/mol. The third-order valence-corrected chi connectivity index (χ3v) is 4.73. The standard InChI is InChI=1S/C21H21ClN2O2/c1-14-8-10-17(11-9-14)12-24-20(22)19(16(3)23-24)21(25)26-13-18-7-5-4-6-15(18)2/h4-11H,12-13H2,1-3H3. The third-order valence-electron chi connectivity index (χ3n) is 4.34. The van der Waals surface area contributed by atoms with Crippen molar-refractivity contribution in [3.63, 3.8) is 0 Å². The van der Waals surface area contributed by atoms with E-state index in [0.29, 0.717) is 23.0 Å². The fourth-order valence-electron chi connectivity index (χ4n) is 2.74. The minimum atomic E-state index is -0.453. The van der Waals surface area contributed by atoms with E-state index in [4.69, 9.17) is 16.3 Å². The number of hydrogen-bond acceptors (Lipinski definition) is 3. The Morgan fingerprint density at radius 1 is 1.08 bits per heavy atom. The van der Waals surface area contributed by atoms with Gasteiger partial charge in [0.2, 0.25) is 0 Å². The maximum absolute atomic E-state index is 12.5. The van der Waals surface area contributed by atoms with Crippen molar-refractivity contribution in [2.45, 2.75) is 33.9 Å². The molecule has 0 saturated carbocycles. The lowest BCUT2D eigenvalue weighted by Gasteiger charge is -2.07. The molecule has 4 nitrogen and oxygen atoms in total. The zero-order valence-electron chi connectivity index (χ0n) is 15.1. The highest BCUT2D eigenvalue weighted by Crippen LogP contribution is 2.23. The first-order valence-electron chi connectivity index (χ1n) is 8.46. The Kier molecular flexibility index (Phi) is 5.43. The second kappa shape index (κ2) is 7.75. The molecule has 0 radical (unpaired) electrons. The first-order valence-corrected chi connectivity index (χ1v) is 8.83. The first kappa shape index (κ1) is 18.2. The van der Waals surface area contributed by atoms with Gasteiger partial charge in [0.15, 0.2) is 0 Å². The van der Waals surface area contributed by atoms with E-state index in [9.17, 15) is 4.79 Å². The molecule has 0 unspecified atom stereocenters. The van der Waals surface area contributed by atoms with E-state index in [-0.39, 0.29) is 6.61 Å². The second-order valence-electron chi connectivity index (χ2n) is 6.40. The summed E-state index contributed by atoms with van der Waals surface area (Å²) in [5, 5.41) is 4.71. The summed E-state index contributed by atoms with van der Waals surface area (Å²) in [5.74, 6) is -0.453. The van der Waals surface area contributed by atoms with Crippen molar-refractivity contribution in [3.05, 3.63) is 87.2 Å². The van der Waals surface area contributed by atoms with Gasteiger partial charge >= 0.3 is 5.97 Å². The Morgan fingerprint density at radius 3 is 2.46 bits per heavy atom. The molecule has 134 valence electrons. The van der Waals surface area contributed by atoms with E-state index in [0.717, 1.165) is 16.7 Å². The molecule has 5 heteroatoms. The average Bonchev–Trinajstić information content (AvgIpc) is 2.89. The first-order chi connectivity index (χ1) is 12.5. The number of hydrogen-bond donors (Lipinski definition) is 0. The average molecular weight is 369 g/mol. The Bertz CT molecular complexity index is 930. The summed E-state index contributed by atoms with van der Waals surface area (Å²) in [5.41, 5.74) is 5.21. The van der Waals surface area contributed by atoms with Gasteiger partial charge in [0, 0.05) is 0 Å². The van der Waals surface area contributed by atoms with Gasteiger partial charge in [0.1, 0.15) is 17.3 Å². The fourth-order valence-corrected chi connectivity index (χ4v) is 3.06. The highest BCUT2D eigenvalue weighted by atomic mass is 35.5. The quantitative estimate of drug-likeness (QED) is 0.603. The summed E-state index contributed by atoms with van der Waals surface area (Å²) >= 11 is 6.42. The number of benzene rings is 2. The van der Waals surface area contributed by atoms with Gasteiger partial charge in [-0.15, -0.1) is 0 Å². The van der Waals surface area contributed by atoms with Crippen LogP contribution in [0.2, 0.25) is 5.15 Å². The Balaban J connectivity index is 1.75. The zero-order chi connectivity index (χ0) is 18.7. The number of ether oxygens (including phenoxy) is 1. The molecule has 0 amide bonds. The van der Waals surface area contributed by atoms with Crippen molar-refractivity contribution in [1.29, 1.82) is 0 Å². The minimum Gasteiger partial charge on any atom is -0.457 e. The number of carbonyl (C=O) groups is 1. The predicted molar refractivity (Wildman–Crippen MR) is 103 cm³/mol. The molecule has 0 fully saturated rings. The van der Waals surface area contributed by atoms with E-state index >= 15 is 0 Å². The van der Waals surface area contributed by atoms with Crippen LogP contribution in [0.1, 0.15) is 38.3 Å². The molecule has 0 aliphatic carbocycles. The largest absolute Gasteiger partial charge is 0.457 e. The van der Waals surface area contributed by atoms with Crippen LogP contribution in [0.15, 0.2) is 48.5 Å². The van der Waals surface area contributed by atoms with Gasteiger partial charge in [0.25, 0.3) is 0 Å². The minimum absolute atomic E-state index is 0.213. The number of rotatable bonds is 5. The molecule has 0 aliphatic rings. The Morgan fingerprint density at radius 2 is 1.77 bits per heavy atom. The Hall–Kier alpha value is -2.59. The predicted octanol–water partition coefficient (Wildman–Crippen LogP) is 4.87. The number of halogens is 1. The van der Waals surface area contributed by atoms with Crippen LogP contribution in [0.25, 0.3) is 0 Å². The number of carbonyl (C=O) groups excluding carboxylic acids is 1. The van der Waals surface area contributed by atoms with E-state index in [2.05, 4.69) is 5.10 Å². The van der Waals surface area contributed by atoms with Crippen LogP contribution in [-0.2, 0) is 17.9 Å². The van der Waals surface area contributed by atoms with Gasteiger partial charge in [-0.3, -0.25) is 0 Å². The van der Waals surface area contributed by atoms with Gasteiger partial charge < -0.3 is 4.74 Å². The van der Waals surface area contributed by atoms with Crippen molar-refractivity contribution in [1.82, 2.24) is 9.78 Å². The van der Waals surface area contributed by atoms with Gasteiger partial charge in [-0.2, -0.15) is 5.10 Å². The smallest absolute Gasteiger partial charge is 0.343 e. The van der Waals surface area contributed by atoms with E-state index in [1.165, 1.54) is 5.56 Å². The second-order valence-corrected chi connectivity index (χ2v) is 6.76. The molecule has 0 bridgehead atoms. The van der Waals surface area contributed by atoms with Crippen LogP contribution in [0.3, 0.4) is 0 Å². The summed E-state index contributed by atoms with van der Waals surface area (Å²) in [4.78, 5) is 12.5. The van der Waals surface area contributed by atoms with Crippen LogP contribution in [0.4, 0.5) is 0 Å². The summed E-state index contributed by atoms with van der Waals surface area (Å²) < 4.78 is 7.09. The van der Waals surface area contributed by atoms with E-state index < -0.39 is 5.97 Å². The van der Waals surface area contributed by atoms with Gasteiger partial charge in [0.05, 0.1) is 12.2 Å². The lowest BCUT2D eigenvalue weighted by Crippen LogP contribution is -2.08. The highest BCUT2D eigenvalue weighted by molar-refractivity contribution is 6.32. The molecule has 0 atom stereocenters. The molecular formula is C21H21ClN2O2. The van der Waals surface area contributed by atoms with Gasteiger partial charge in [-0.25, -0.2) is 9.48 Å². The lowest BCUT2D eigenvalue weighted by atomic mass is 10.1. The Labute approximate surface area is 158 Å². The monoisotopic (exact) mass is 368 g/mol. The van der Waals surface area contributed by atoms with Gasteiger partial charge in [-0.1, -0.05) is 65.7 Å². The fraction of sp³-hybridized carbons (Fsp3) is 0.238. The van der Waals surface area contributed by atoms with E-state index in [1.807, 2.05) is 62.4 Å². The number of esters is 1. The van der Waals surface area contributed by atoms with Crippen LogP contribution in [0.5, 0.6) is 0 Å². The van der Waals surface area contributed by atoms with Gasteiger partial charge in [-0.05, 0) is 37.5 Å². The number of aromatic nitrogens is 2. The van der Waals surface area contributed by atoms with Crippen molar-refractivity contribution in [2.24, 2.45) is 0 Å². The van der Waals surface area contributed by atoms with Crippen LogP contribution in [-0.4, -0.2) is 15.7 Å². The zero-order valence-corrected chi connectivity index (χ0v) is 15.9. The number of nitrogens with zero attached hydrogens (tertiary/aromatic N) is 2. The molecule has 0 aliphatic heterocycles. The molecule has 0 spiro atoms. The van der Waals surface area contributed by atoms with Crippen molar-refractivity contribution >= 4 is 17.6 Å².